The maximum absolute atomic E-state index is 12.6. The summed E-state index contributed by atoms with van der Waals surface area (Å²) in [5, 5.41) is 8.84. The minimum Gasteiger partial charge on any atom is -0.393 e. The van der Waals surface area contributed by atoms with Gasteiger partial charge in [-0.3, -0.25) is 0 Å². The highest BCUT2D eigenvalue weighted by Gasteiger charge is 2.37. The summed E-state index contributed by atoms with van der Waals surface area (Å²) < 4.78 is 37.9. The lowest BCUT2D eigenvalue weighted by Crippen LogP contribution is -2.18. The number of halogens is 4. The maximum Gasteiger partial charge on any atom is 0.433 e. The molecule has 0 aliphatic carbocycles. The van der Waals surface area contributed by atoms with Crippen LogP contribution in [-0.4, -0.2) is 21.2 Å². The lowest BCUT2D eigenvalue weighted by atomic mass is 10.1. The summed E-state index contributed by atoms with van der Waals surface area (Å²) in [7, 11) is 0. The minimum atomic E-state index is -4.60. The Hall–Kier alpha value is -0.880. The zero-order valence-electron chi connectivity index (χ0n) is 8.64. The van der Waals surface area contributed by atoms with Crippen LogP contribution >= 0.6 is 11.6 Å². The van der Waals surface area contributed by atoms with Gasteiger partial charge in [-0.25, -0.2) is 9.97 Å². The van der Waals surface area contributed by atoms with Gasteiger partial charge in [-0.1, -0.05) is 11.6 Å². The molecule has 0 aromatic carbocycles. The van der Waals surface area contributed by atoms with Gasteiger partial charge in [0.25, 0.3) is 0 Å². The molecule has 0 radical (unpaired) electrons. The van der Waals surface area contributed by atoms with Crippen LogP contribution in [0.3, 0.4) is 0 Å². The van der Waals surface area contributed by atoms with E-state index in [0.29, 0.717) is 0 Å². The van der Waals surface area contributed by atoms with E-state index in [4.69, 9.17) is 16.7 Å². The molecule has 1 aromatic heterocycles. The molecule has 1 rings (SSSR count). The summed E-state index contributed by atoms with van der Waals surface area (Å²) in [5.41, 5.74) is -1.35. The Labute approximate surface area is 95.3 Å². The maximum atomic E-state index is 12.6. The molecule has 0 spiro atoms. The second-order valence-corrected chi connectivity index (χ2v) is 3.80. The number of nitrogens with zero attached hydrogens (tertiary/aromatic N) is 2. The van der Waals surface area contributed by atoms with Crippen LogP contribution in [-0.2, 0) is 12.6 Å². The van der Waals surface area contributed by atoms with Gasteiger partial charge in [0.1, 0.15) is 11.0 Å². The third-order valence-corrected chi connectivity index (χ3v) is 2.15. The number of aliphatic hydroxyl groups is 1. The third-order valence-electron chi connectivity index (χ3n) is 1.84. The van der Waals surface area contributed by atoms with Crippen molar-refractivity contribution < 1.29 is 18.3 Å². The number of rotatable bonds is 2. The highest BCUT2D eigenvalue weighted by Crippen LogP contribution is 2.33. The summed E-state index contributed by atoms with van der Waals surface area (Å²) in [6.45, 7) is 2.70. The molecule has 1 unspecified atom stereocenters. The largest absolute Gasteiger partial charge is 0.433 e. The Bertz CT molecular complexity index is 393. The van der Waals surface area contributed by atoms with Crippen LogP contribution in [0.5, 0.6) is 0 Å². The lowest BCUT2D eigenvalue weighted by molar-refractivity contribution is -0.142. The topological polar surface area (TPSA) is 46.0 Å². The standard InChI is InChI=1S/C9H10ClF3N2O/c1-4(16)3-6-7(9(11,12)13)14-5(2)15-8(6)10/h4,16H,3H2,1-2H3. The molecule has 1 aromatic rings. The fraction of sp³-hybridized carbons (Fsp3) is 0.556. The van der Waals surface area contributed by atoms with Gasteiger partial charge in [-0.2, -0.15) is 13.2 Å². The molecule has 16 heavy (non-hydrogen) atoms. The molecule has 7 heteroatoms. The van der Waals surface area contributed by atoms with E-state index < -0.39 is 18.0 Å². The fourth-order valence-electron chi connectivity index (χ4n) is 1.27. The number of aliphatic hydroxyl groups excluding tert-OH is 1. The molecule has 0 aliphatic heterocycles. The van der Waals surface area contributed by atoms with Crippen LogP contribution < -0.4 is 0 Å². The van der Waals surface area contributed by atoms with Gasteiger partial charge >= 0.3 is 6.18 Å². The molecule has 1 N–H and O–H groups in total. The number of hydrogen-bond acceptors (Lipinski definition) is 3. The molecule has 0 fully saturated rings. The molecule has 0 saturated carbocycles. The molecule has 1 heterocycles. The molecular formula is C9H10ClF3N2O. The van der Waals surface area contributed by atoms with Gasteiger partial charge in [0.15, 0.2) is 5.69 Å². The van der Waals surface area contributed by atoms with Crippen molar-refractivity contribution in [3.8, 4) is 0 Å². The number of hydrogen-bond donors (Lipinski definition) is 1. The monoisotopic (exact) mass is 254 g/mol. The van der Waals surface area contributed by atoms with E-state index in [0.717, 1.165) is 0 Å². The predicted octanol–water partition coefficient (Wildman–Crippen LogP) is 2.38. The first-order valence-corrected chi connectivity index (χ1v) is 4.88. The Morgan fingerprint density at radius 1 is 1.38 bits per heavy atom. The Balaban J connectivity index is 3.33. The summed E-state index contributed by atoms with van der Waals surface area (Å²) in [6.07, 6.45) is -5.76. The quantitative estimate of drug-likeness (QED) is 0.825. The van der Waals surface area contributed by atoms with Gasteiger partial charge in [-0.05, 0) is 13.8 Å². The van der Waals surface area contributed by atoms with Crippen molar-refractivity contribution >= 4 is 11.6 Å². The van der Waals surface area contributed by atoms with E-state index in [1.54, 1.807) is 0 Å². The average Bonchev–Trinajstić information content (AvgIpc) is 2.06. The molecule has 1 atom stereocenters. The van der Waals surface area contributed by atoms with Crippen molar-refractivity contribution in [2.45, 2.75) is 32.5 Å². The zero-order chi connectivity index (χ0) is 12.5. The molecule has 3 nitrogen and oxygen atoms in total. The molecule has 90 valence electrons. The van der Waals surface area contributed by atoms with Crippen LogP contribution in [0.1, 0.15) is 24.0 Å². The SMILES string of the molecule is Cc1nc(Cl)c(CC(C)O)c(C(F)(F)F)n1. The van der Waals surface area contributed by atoms with Crippen LogP contribution in [0, 0.1) is 6.92 Å². The molecule has 0 amide bonds. The van der Waals surface area contributed by atoms with Crippen LogP contribution in [0.25, 0.3) is 0 Å². The first kappa shape index (κ1) is 13.2. The van der Waals surface area contributed by atoms with Crippen molar-refractivity contribution in [2.24, 2.45) is 0 Å². The highest BCUT2D eigenvalue weighted by atomic mass is 35.5. The van der Waals surface area contributed by atoms with Gasteiger partial charge in [0.2, 0.25) is 0 Å². The van der Waals surface area contributed by atoms with E-state index in [2.05, 4.69) is 9.97 Å². The van der Waals surface area contributed by atoms with E-state index in [9.17, 15) is 13.2 Å². The Morgan fingerprint density at radius 2 is 1.94 bits per heavy atom. The van der Waals surface area contributed by atoms with E-state index in [1.807, 2.05) is 0 Å². The normalized spacial score (nSPS) is 13.9. The molecule has 0 bridgehead atoms. The van der Waals surface area contributed by atoms with Crippen molar-refractivity contribution in [2.75, 3.05) is 0 Å². The van der Waals surface area contributed by atoms with Crippen molar-refractivity contribution in [3.63, 3.8) is 0 Å². The lowest BCUT2D eigenvalue weighted by Gasteiger charge is -2.14. The third kappa shape index (κ3) is 3.05. The van der Waals surface area contributed by atoms with E-state index in [1.165, 1.54) is 13.8 Å². The summed E-state index contributed by atoms with van der Waals surface area (Å²) in [6, 6.07) is 0. The van der Waals surface area contributed by atoms with Crippen molar-refractivity contribution in [3.05, 3.63) is 22.2 Å². The highest BCUT2D eigenvalue weighted by molar-refractivity contribution is 6.30. The summed E-state index contributed by atoms with van der Waals surface area (Å²) in [5.74, 6) is -0.0494. The fourth-order valence-corrected chi connectivity index (χ4v) is 1.56. The average molecular weight is 255 g/mol. The Kier molecular flexibility index (Phi) is 3.75. The zero-order valence-corrected chi connectivity index (χ0v) is 9.39. The van der Waals surface area contributed by atoms with Gasteiger partial charge in [0.05, 0.1) is 6.10 Å². The number of aromatic nitrogens is 2. The van der Waals surface area contributed by atoms with Gasteiger partial charge < -0.3 is 5.11 Å². The first-order valence-electron chi connectivity index (χ1n) is 4.50. The van der Waals surface area contributed by atoms with Crippen LogP contribution in [0.4, 0.5) is 13.2 Å². The summed E-state index contributed by atoms with van der Waals surface area (Å²) in [4.78, 5) is 6.97. The van der Waals surface area contributed by atoms with Crippen molar-refractivity contribution in [1.82, 2.24) is 9.97 Å². The number of aryl methyl sites for hydroxylation is 1. The van der Waals surface area contributed by atoms with E-state index >= 15 is 0 Å². The molecule has 0 aliphatic rings. The smallest absolute Gasteiger partial charge is 0.393 e. The van der Waals surface area contributed by atoms with Crippen LogP contribution in [0.2, 0.25) is 5.15 Å². The van der Waals surface area contributed by atoms with E-state index in [-0.39, 0.29) is 23.0 Å². The Morgan fingerprint density at radius 3 is 2.38 bits per heavy atom. The van der Waals surface area contributed by atoms with Crippen molar-refractivity contribution in [1.29, 1.82) is 0 Å². The predicted molar refractivity (Wildman–Crippen MR) is 52.2 cm³/mol. The van der Waals surface area contributed by atoms with Crippen LogP contribution in [0.15, 0.2) is 0 Å². The second-order valence-electron chi connectivity index (χ2n) is 3.44. The molecule has 0 saturated heterocycles. The number of alkyl halides is 3. The second kappa shape index (κ2) is 4.55. The molecular weight excluding hydrogens is 245 g/mol. The van der Waals surface area contributed by atoms with Gasteiger partial charge in [-0.15, -0.1) is 0 Å². The summed E-state index contributed by atoms with van der Waals surface area (Å²) >= 11 is 5.62. The minimum absolute atomic E-state index is 0.0494. The first-order chi connectivity index (χ1) is 7.21. The van der Waals surface area contributed by atoms with Gasteiger partial charge in [0, 0.05) is 12.0 Å².